The minimum Gasteiger partial charge on any atom is -0.467 e. The molecular formula is C15H14Cl2N2O. The van der Waals surface area contributed by atoms with Gasteiger partial charge in [0.1, 0.15) is 11.6 Å². The summed E-state index contributed by atoms with van der Waals surface area (Å²) in [5.41, 5.74) is 1.85. The number of alkyl halides is 1. The summed E-state index contributed by atoms with van der Waals surface area (Å²) < 4.78 is 7.61. The smallest absolute Gasteiger partial charge is 0.128 e. The van der Waals surface area contributed by atoms with Crippen molar-refractivity contribution in [2.75, 3.05) is 0 Å². The van der Waals surface area contributed by atoms with Gasteiger partial charge >= 0.3 is 0 Å². The summed E-state index contributed by atoms with van der Waals surface area (Å²) in [6, 6.07) is 9.53. The number of hydrogen-bond acceptors (Lipinski definition) is 2. The highest BCUT2D eigenvalue weighted by Crippen LogP contribution is 2.32. The molecule has 2 aromatic heterocycles. The fraction of sp³-hybridized carbons (Fsp3) is 0.267. The maximum atomic E-state index is 6.28. The summed E-state index contributed by atoms with van der Waals surface area (Å²) in [4.78, 5) is 4.61. The van der Waals surface area contributed by atoms with Crippen LogP contribution in [0.15, 0.2) is 41.0 Å². The van der Waals surface area contributed by atoms with E-state index in [1.165, 1.54) is 0 Å². The Labute approximate surface area is 127 Å². The molecule has 5 heteroatoms. The lowest BCUT2D eigenvalue weighted by atomic mass is 10.2. The number of furan rings is 1. The van der Waals surface area contributed by atoms with E-state index in [1.54, 1.807) is 6.26 Å². The zero-order valence-electron chi connectivity index (χ0n) is 11.2. The first-order valence-corrected chi connectivity index (χ1v) is 7.24. The molecule has 0 saturated heterocycles. The second-order valence-corrected chi connectivity index (χ2v) is 5.87. The third-order valence-corrected chi connectivity index (χ3v) is 3.81. The Morgan fingerprint density at radius 3 is 2.70 bits per heavy atom. The molecule has 0 radical (unpaired) electrons. The molecule has 0 N–H and O–H groups in total. The van der Waals surface area contributed by atoms with E-state index in [0.717, 1.165) is 22.6 Å². The molecule has 0 aliphatic heterocycles. The SMILES string of the molecule is CC(Cl)c1nc2cc(Cl)ccc2n1C(C)c1ccco1. The van der Waals surface area contributed by atoms with E-state index in [2.05, 4.69) is 16.5 Å². The first kappa shape index (κ1) is 13.5. The molecule has 3 aromatic rings. The van der Waals surface area contributed by atoms with E-state index >= 15 is 0 Å². The Bertz CT molecular complexity index is 732. The van der Waals surface area contributed by atoms with Crippen LogP contribution in [0.3, 0.4) is 0 Å². The maximum Gasteiger partial charge on any atom is 0.128 e. The normalized spacial score (nSPS) is 14.6. The summed E-state index contributed by atoms with van der Waals surface area (Å²) in [6.45, 7) is 3.98. The van der Waals surface area contributed by atoms with E-state index in [0.29, 0.717) is 5.02 Å². The molecule has 2 atom stereocenters. The number of rotatable bonds is 3. The van der Waals surface area contributed by atoms with Crippen LogP contribution in [0.5, 0.6) is 0 Å². The molecule has 0 bridgehead atoms. The molecular weight excluding hydrogens is 295 g/mol. The van der Waals surface area contributed by atoms with Crippen molar-refractivity contribution in [3.05, 3.63) is 53.2 Å². The van der Waals surface area contributed by atoms with Gasteiger partial charge in [0, 0.05) is 5.02 Å². The highest BCUT2D eigenvalue weighted by atomic mass is 35.5. The molecule has 0 fully saturated rings. The number of hydrogen-bond donors (Lipinski definition) is 0. The van der Waals surface area contributed by atoms with Gasteiger partial charge in [0.2, 0.25) is 0 Å². The zero-order chi connectivity index (χ0) is 14.3. The number of benzene rings is 1. The average molecular weight is 309 g/mol. The van der Waals surface area contributed by atoms with Crippen molar-refractivity contribution >= 4 is 34.2 Å². The average Bonchev–Trinajstić information content (AvgIpc) is 3.04. The Hall–Kier alpha value is -1.45. The van der Waals surface area contributed by atoms with Crippen LogP contribution in [0.2, 0.25) is 5.02 Å². The quantitative estimate of drug-likeness (QED) is 0.623. The van der Waals surface area contributed by atoms with E-state index in [4.69, 9.17) is 27.6 Å². The molecule has 2 heterocycles. The Balaban J connectivity index is 2.24. The van der Waals surface area contributed by atoms with Crippen LogP contribution >= 0.6 is 23.2 Å². The number of halogens is 2. The second kappa shape index (κ2) is 5.15. The minimum atomic E-state index is -0.196. The molecule has 0 aliphatic carbocycles. The molecule has 0 aliphatic rings. The van der Waals surface area contributed by atoms with Crippen LogP contribution < -0.4 is 0 Å². The zero-order valence-corrected chi connectivity index (χ0v) is 12.7. The fourth-order valence-electron chi connectivity index (χ4n) is 2.43. The summed E-state index contributed by atoms with van der Waals surface area (Å²) in [7, 11) is 0. The van der Waals surface area contributed by atoms with Gasteiger partial charge in [0.15, 0.2) is 0 Å². The first-order chi connectivity index (χ1) is 9.58. The van der Waals surface area contributed by atoms with E-state index in [-0.39, 0.29) is 11.4 Å². The third-order valence-electron chi connectivity index (χ3n) is 3.38. The molecule has 0 saturated carbocycles. The summed E-state index contributed by atoms with van der Waals surface area (Å²) >= 11 is 12.3. The number of aromatic nitrogens is 2. The van der Waals surface area contributed by atoms with Crippen LogP contribution in [0.1, 0.15) is 36.9 Å². The Morgan fingerprint density at radius 2 is 2.05 bits per heavy atom. The largest absolute Gasteiger partial charge is 0.467 e. The van der Waals surface area contributed by atoms with Crippen molar-refractivity contribution in [3.8, 4) is 0 Å². The predicted molar refractivity (Wildman–Crippen MR) is 81.5 cm³/mol. The van der Waals surface area contributed by atoms with E-state index in [1.807, 2.05) is 37.3 Å². The van der Waals surface area contributed by atoms with Crippen LogP contribution in [0, 0.1) is 0 Å². The monoisotopic (exact) mass is 308 g/mol. The van der Waals surface area contributed by atoms with E-state index < -0.39 is 0 Å². The van der Waals surface area contributed by atoms with Gasteiger partial charge in [-0.1, -0.05) is 11.6 Å². The predicted octanol–water partition coefficient (Wildman–Crippen LogP) is 5.19. The molecule has 2 unspecified atom stereocenters. The molecule has 0 amide bonds. The second-order valence-electron chi connectivity index (χ2n) is 4.78. The van der Waals surface area contributed by atoms with Crippen LogP contribution in [0.4, 0.5) is 0 Å². The molecule has 20 heavy (non-hydrogen) atoms. The standard InChI is InChI=1S/C15H14Cl2N2O/c1-9(16)15-18-12-8-11(17)5-6-13(12)19(15)10(2)14-4-3-7-20-14/h3-10H,1-2H3. The van der Waals surface area contributed by atoms with Crippen LogP contribution in [-0.2, 0) is 0 Å². The van der Waals surface area contributed by atoms with Gasteiger partial charge in [0.05, 0.1) is 28.7 Å². The summed E-state index contributed by atoms with van der Waals surface area (Å²) in [5.74, 6) is 1.69. The van der Waals surface area contributed by atoms with Gasteiger partial charge in [-0.3, -0.25) is 0 Å². The lowest BCUT2D eigenvalue weighted by molar-refractivity contribution is 0.444. The van der Waals surface area contributed by atoms with Gasteiger partial charge in [-0.2, -0.15) is 0 Å². The Kier molecular flexibility index (Phi) is 3.48. The topological polar surface area (TPSA) is 31.0 Å². The van der Waals surface area contributed by atoms with Gasteiger partial charge in [-0.15, -0.1) is 11.6 Å². The molecule has 3 nitrogen and oxygen atoms in total. The maximum absolute atomic E-state index is 6.28. The van der Waals surface area contributed by atoms with Crippen molar-refractivity contribution < 1.29 is 4.42 Å². The first-order valence-electron chi connectivity index (χ1n) is 6.43. The Morgan fingerprint density at radius 1 is 1.25 bits per heavy atom. The molecule has 0 spiro atoms. The van der Waals surface area contributed by atoms with E-state index in [9.17, 15) is 0 Å². The van der Waals surface area contributed by atoms with Crippen molar-refractivity contribution in [3.63, 3.8) is 0 Å². The van der Waals surface area contributed by atoms with Gasteiger partial charge < -0.3 is 8.98 Å². The highest BCUT2D eigenvalue weighted by Gasteiger charge is 2.21. The lowest BCUT2D eigenvalue weighted by Gasteiger charge is -2.16. The molecule has 104 valence electrons. The van der Waals surface area contributed by atoms with Gasteiger partial charge in [-0.25, -0.2) is 4.98 Å². The lowest BCUT2D eigenvalue weighted by Crippen LogP contribution is -2.10. The summed E-state index contributed by atoms with van der Waals surface area (Å²) in [6.07, 6.45) is 1.67. The van der Waals surface area contributed by atoms with Crippen LogP contribution in [-0.4, -0.2) is 9.55 Å². The van der Waals surface area contributed by atoms with Gasteiger partial charge in [0.25, 0.3) is 0 Å². The van der Waals surface area contributed by atoms with Crippen molar-refractivity contribution in [1.82, 2.24) is 9.55 Å². The number of imidazole rings is 1. The summed E-state index contributed by atoms with van der Waals surface area (Å²) in [5, 5.41) is 0.472. The minimum absolute atomic E-state index is 0.0207. The highest BCUT2D eigenvalue weighted by molar-refractivity contribution is 6.31. The van der Waals surface area contributed by atoms with Crippen molar-refractivity contribution in [2.45, 2.75) is 25.3 Å². The van der Waals surface area contributed by atoms with Crippen molar-refractivity contribution in [1.29, 1.82) is 0 Å². The molecule has 1 aromatic carbocycles. The number of fused-ring (bicyclic) bond motifs is 1. The van der Waals surface area contributed by atoms with Crippen LogP contribution in [0.25, 0.3) is 11.0 Å². The third kappa shape index (κ3) is 2.21. The van der Waals surface area contributed by atoms with Crippen molar-refractivity contribution in [2.24, 2.45) is 0 Å². The molecule has 3 rings (SSSR count). The number of nitrogens with zero attached hydrogens (tertiary/aromatic N) is 2. The van der Waals surface area contributed by atoms with Gasteiger partial charge in [-0.05, 0) is 44.2 Å². The fourth-order valence-corrected chi connectivity index (χ4v) is 2.75.